The second-order valence-electron chi connectivity index (χ2n) is 5.76. The van der Waals surface area contributed by atoms with Crippen LogP contribution in [0.25, 0.3) is 5.69 Å². The van der Waals surface area contributed by atoms with Crippen molar-refractivity contribution in [3.63, 3.8) is 0 Å². The minimum Gasteiger partial charge on any atom is -0.480 e. The lowest BCUT2D eigenvalue weighted by atomic mass is 9.76. The number of nitrogens with one attached hydrogen (secondary N) is 1. The number of carbonyl (C=O) groups excluding carboxylic acids is 1. The number of para-hydroxylation sites is 1. The van der Waals surface area contributed by atoms with E-state index in [0.717, 1.165) is 16.9 Å². The third-order valence-electron chi connectivity index (χ3n) is 4.15. The van der Waals surface area contributed by atoms with Crippen molar-refractivity contribution in [2.45, 2.75) is 31.0 Å². The number of hydrogen-bond donors (Lipinski definition) is 2. The molecule has 0 atom stereocenters. The average molecular weight is 354 g/mol. The molecule has 0 aliphatic heterocycles. The van der Waals surface area contributed by atoms with Crippen molar-refractivity contribution in [2.24, 2.45) is 0 Å². The number of halogens is 3. The van der Waals surface area contributed by atoms with Crippen LogP contribution < -0.4 is 5.32 Å². The van der Waals surface area contributed by atoms with Crippen LogP contribution in [0.3, 0.4) is 0 Å². The van der Waals surface area contributed by atoms with Crippen LogP contribution in [0.4, 0.5) is 13.2 Å². The second kappa shape index (κ2) is 5.87. The molecule has 1 aliphatic rings. The van der Waals surface area contributed by atoms with Gasteiger partial charge in [-0.25, -0.2) is 9.48 Å². The lowest BCUT2D eigenvalue weighted by Gasteiger charge is -2.37. The zero-order valence-corrected chi connectivity index (χ0v) is 12.7. The van der Waals surface area contributed by atoms with Gasteiger partial charge < -0.3 is 10.4 Å². The van der Waals surface area contributed by atoms with Gasteiger partial charge in [0.2, 0.25) is 0 Å². The minimum absolute atomic E-state index is 0.260. The van der Waals surface area contributed by atoms with Gasteiger partial charge in [0, 0.05) is 0 Å². The van der Waals surface area contributed by atoms with E-state index in [0.29, 0.717) is 19.3 Å². The zero-order valence-electron chi connectivity index (χ0n) is 12.7. The number of amides is 1. The Morgan fingerprint density at radius 1 is 1.24 bits per heavy atom. The summed E-state index contributed by atoms with van der Waals surface area (Å²) < 4.78 is 40.0. The molecule has 0 unspecified atom stereocenters. The van der Waals surface area contributed by atoms with E-state index in [9.17, 15) is 27.9 Å². The second-order valence-corrected chi connectivity index (χ2v) is 5.76. The van der Waals surface area contributed by atoms with Gasteiger partial charge in [-0.3, -0.25) is 4.79 Å². The zero-order chi connectivity index (χ0) is 18.2. The maximum absolute atomic E-state index is 13.1. The van der Waals surface area contributed by atoms with Gasteiger partial charge in [-0.15, -0.1) is 5.10 Å². The summed E-state index contributed by atoms with van der Waals surface area (Å²) in [7, 11) is 0. The van der Waals surface area contributed by atoms with Crippen LogP contribution in [0.15, 0.2) is 30.5 Å². The Labute approximate surface area is 139 Å². The first kappa shape index (κ1) is 16.9. The molecule has 3 rings (SSSR count). The molecule has 2 N–H and O–H groups in total. The summed E-state index contributed by atoms with van der Waals surface area (Å²) in [6, 6.07) is 4.73. The molecule has 0 spiro atoms. The van der Waals surface area contributed by atoms with Crippen molar-refractivity contribution >= 4 is 11.9 Å². The Morgan fingerprint density at radius 2 is 1.92 bits per heavy atom. The van der Waals surface area contributed by atoms with E-state index in [1.807, 2.05) is 0 Å². The van der Waals surface area contributed by atoms with E-state index in [4.69, 9.17) is 0 Å². The molecule has 132 valence electrons. The largest absolute Gasteiger partial charge is 0.480 e. The van der Waals surface area contributed by atoms with Gasteiger partial charge in [0.05, 0.1) is 17.4 Å². The number of alkyl halides is 3. The van der Waals surface area contributed by atoms with E-state index >= 15 is 0 Å². The number of carboxylic acids is 1. The predicted octanol–water partition coefficient (Wildman–Crippen LogP) is 2.02. The highest BCUT2D eigenvalue weighted by atomic mass is 19.4. The number of carbonyl (C=O) groups is 2. The number of nitrogens with zero attached hydrogens (tertiary/aromatic N) is 3. The van der Waals surface area contributed by atoms with Crippen molar-refractivity contribution in [2.75, 3.05) is 0 Å². The molecule has 0 radical (unpaired) electrons. The molecule has 1 aromatic carbocycles. The fraction of sp³-hybridized carbons (Fsp3) is 0.333. The molecule has 1 fully saturated rings. The lowest BCUT2D eigenvalue weighted by Crippen LogP contribution is -2.59. The van der Waals surface area contributed by atoms with Crippen LogP contribution in [-0.4, -0.2) is 37.5 Å². The van der Waals surface area contributed by atoms with E-state index in [-0.39, 0.29) is 11.4 Å². The Balaban J connectivity index is 1.86. The van der Waals surface area contributed by atoms with Gasteiger partial charge >= 0.3 is 12.1 Å². The van der Waals surface area contributed by atoms with Crippen LogP contribution in [0.1, 0.15) is 35.3 Å². The van der Waals surface area contributed by atoms with E-state index in [2.05, 4.69) is 15.6 Å². The molecular weight excluding hydrogens is 341 g/mol. The van der Waals surface area contributed by atoms with Gasteiger partial charge in [0.25, 0.3) is 5.91 Å². The molecule has 0 bridgehead atoms. The molecular formula is C15H13F3N4O3. The molecule has 0 saturated heterocycles. The Morgan fingerprint density at radius 3 is 2.48 bits per heavy atom. The number of rotatable bonds is 4. The Hall–Kier alpha value is -2.91. The molecule has 25 heavy (non-hydrogen) atoms. The van der Waals surface area contributed by atoms with Crippen LogP contribution in [0.2, 0.25) is 0 Å². The van der Waals surface area contributed by atoms with E-state index < -0.39 is 29.2 Å². The standard InChI is InChI=1S/C15H13F3N4O3/c16-15(17,18)9-4-1-2-5-11(9)22-8-10(20-21-22)12(23)19-14(13(24)25)6-3-7-14/h1-2,4-5,8H,3,6-7H2,(H,19,23)(H,24,25). The predicted molar refractivity (Wildman–Crippen MR) is 78.0 cm³/mol. The number of aromatic nitrogens is 3. The first-order valence-corrected chi connectivity index (χ1v) is 7.38. The highest BCUT2D eigenvalue weighted by Crippen LogP contribution is 2.34. The van der Waals surface area contributed by atoms with Gasteiger partial charge in [-0.2, -0.15) is 13.2 Å². The summed E-state index contributed by atoms with van der Waals surface area (Å²) in [5, 5.41) is 18.7. The maximum Gasteiger partial charge on any atom is 0.418 e. The third-order valence-corrected chi connectivity index (χ3v) is 4.15. The highest BCUT2D eigenvalue weighted by molar-refractivity contribution is 5.96. The van der Waals surface area contributed by atoms with Crippen LogP contribution in [-0.2, 0) is 11.0 Å². The quantitative estimate of drug-likeness (QED) is 0.876. The fourth-order valence-corrected chi connectivity index (χ4v) is 2.60. The molecule has 2 aromatic rings. The number of carboxylic acid groups (broad SMARTS) is 1. The maximum atomic E-state index is 13.1. The van der Waals surface area contributed by atoms with Crippen LogP contribution in [0.5, 0.6) is 0 Å². The lowest BCUT2D eigenvalue weighted by molar-refractivity contribution is -0.148. The topological polar surface area (TPSA) is 97.1 Å². The third kappa shape index (κ3) is 3.06. The molecule has 1 aliphatic carbocycles. The summed E-state index contributed by atoms with van der Waals surface area (Å²) in [5.41, 5.74) is -2.81. The van der Waals surface area contributed by atoms with E-state index in [1.165, 1.54) is 18.2 Å². The number of benzene rings is 1. The van der Waals surface area contributed by atoms with Crippen LogP contribution >= 0.6 is 0 Å². The summed E-state index contributed by atoms with van der Waals surface area (Å²) in [5.74, 6) is -1.94. The Bertz CT molecular complexity index is 827. The SMILES string of the molecule is O=C(NC1(C(=O)O)CCC1)c1cn(-c2ccccc2C(F)(F)F)nn1. The summed E-state index contributed by atoms with van der Waals surface area (Å²) in [6.07, 6.45) is -2.31. The van der Waals surface area contributed by atoms with Crippen molar-refractivity contribution in [1.82, 2.24) is 20.3 Å². The van der Waals surface area contributed by atoms with Crippen molar-refractivity contribution in [3.05, 3.63) is 41.7 Å². The fourth-order valence-electron chi connectivity index (χ4n) is 2.60. The normalized spacial score (nSPS) is 16.1. The monoisotopic (exact) mass is 354 g/mol. The molecule has 1 heterocycles. The number of aliphatic carboxylic acids is 1. The summed E-state index contributed by atoms with van der Waals surface area (Å²) >= 11 is 0. The number of hydrogen-bond acceptors (Lipinski definition) is 4. The summed E-state index contributed by atoms with van der Waals surface area (Å²) in [4.78, 5) is 23.4. The molecule has 1 amide bonds. The van der Waals surface area contributed by atoms with Gasteiger partial charge in [0.1, 0.15) is 5.54 Å². The van der Waals surface area contributed by atoms with Crippen molar-refractivity contribution in [1.29, 1.82) is 0 Å². The molecule has 10 heteroatoms. The van der Waals surface area contributed by atoms with Crippen molar-refractivity contribution in [3.8, 4) is 5.69 Å². The first-order chi connectivity index (χ1) is 11.7. The van der Waals surface area contributed by atoms with Gasteiger partial charge in [0.15, 0.2) is 5.69 Å². The molecule has 1 aromatic heterocycles. The van der Waals surface area contributed by atoms with Crippen LogP contribution in [0, 0.1) is 0 Å². The summed E-state index contributed by atoms with van der Waals surface area (Å²) in [6.45, 7) is 0. The highest BCUT2D eigenvalue weighted by Gasteiger charge is 2.46. The van der Waals surface area contributed by atoms with Gasteiger partial charge in [-0.05, 0) is 31.4 Å². The molecule has 1 saturated carbocycles. The van der Waals surface area contributed by atoms with E-state index in [1.54, 1.807) is 0 Å². The average Bonchev–Trinajstić information content (AvgIpc) is 2.99. The smallest absolute Gasteiger partial charge is 0.418 e. The molecule has 7 nitrogen and oxygen atoms in total. The Kier molecular flexibility index (Phi) is 3.97. The van der Waals surface area contributed by atoms with Crippen molar-refractivity contribution < 1.29 is 27.9 Å². The minimum atomic E-state index is -4.59. The van der Waals surface area contributed by atoms with Gasteiger partial charge in [-0.1, -0.05) is 17.3 Å². The first-order valence-electron chi connectivity index (χ1n) is 7.38.